The van der Waals surface area contributed by atoms with Crippen molar-refractivity contribution in [1.29, 1.82) is 0 Å². The highest BCUT2D eigenvalue weighted by Gasteiger charge is 2.26. The zero-order chi connectivity index (χ0) is 14.8. The summed E-state index contributed by atoms with van der Waals surface area (Å²) in [6.07, 6.45) is 2.34. The predicted molar refractivity (Wildman–Crippen MR) is 81.9 cm³/mol. The molecule has 1 fully saturated rings. The van der Waals surface area contributed by atoms with E-state index in [1.807, 2.05) is 32.9 Å². The Morgan fingerprint density at radius 2 is 2.30 bits per heavy atom. The van der Waals surface area contributed by atoms with Crippen molar-refractivity contribution in [2.24, 2.45) is 0 Å². The number of alkyl carbamates (subject to hydrolysis) is 1. The third-order valence-electron chi connectivity index (χ3n) is 2.98. The number of hydrogen-bond acceptors (Lipinski definition) is 4. The van der Waals surface area contributed by atoms with E-state index in [9.17, 15) is 4.79 Å². The molecule has 2 rings (SSSR count). The molecule has 5 nitrogen and oxygen atoms in total. The van der Waals surface area contributed by atoms with Gasteiger partial charge in [-0.3, -0.25) is 0 Å². The number of hydrogen-bond donors (Lipinski definition) is 1. The number of aromatic nitrogens is 1. The van der Waals surface area contributed by atoms with Gasteiger partial charge in [0.2, 0.25) is 0 Å². The predicted octanol–water partition coefficient (Wildman–Crippen LogP) is 2.95. The molecule has 0 spiro atoms. The summed E-state index contributed by atoms with van der Waals surface area (Å²) in [5.74, 6) is 0. The van der Waals surface area contributed by atoms with Crippen LogP contribution < -0.4 is 10.2 Å². The van der Waals surface area contributed by atoms with Gasteiger partial charge in [0.15, 0.2) is 0 Å². The Labute approximate surface area is 127 Å². The number of amides is 1. The molecule has 1 aromatic rings. The second kappa shape index (κ2) is 5.99. The summed E-state index contributed by atoms with van der Waals surface area (Å²) in [7, 11) is 0. The van der Waals surface area contributed by atoms with Crippen molar-refractivity contribution in [1.82, 2.24) is 10.3 Å². The summed E-state index contributed by atoms with van der Waals surface area (Å²) < 4.78 is 6.09. The van der Waals surface area contributed by atoms with Crippen molar-refractivity contribution in [3.8, 4) is 0 Å². The van der Waals surface area contributed by atoms with Gasteiger partial charge in [-0.05, 0) is 55.3 Å². The number of halogens is 1. The first-order valence-electron chi connectivity index (χ1n) is 6.69. The lowest BCUT2D eigenvalue weighted by Crippen LogP contribution is -2.40. The second-order valence-corrected chi connectivity index (χ2v) is 6.73. The van der Waals surface area contributed by atoms with Gasteiger partial charge in [-0.15, -0.1) is 0 Å². The Morgan fingerprint density at radius 3 is 2.95 bits per heavy atom. The maximum absolute atomic E-state index is 11.7. The van der Waals surface area contributed by atoms with Crippen LogP contribution in [0.3, 0.4) is 0 Å². The summed E-state index contributed by atoms with van der Waals surface area (Å²) in [6.45, 7) is 7.29. The minimum absolute atomic E-state index is 0.122. The monoisotopic (exact) mass is 341 g/mol. The van der Waals surface area contributed by atoms with Crippen molar-refractivity contribution in [3.63, 3.8) is 0 Å². The number of ether oxygens (including phenoxy) is 1. The molecule has 1 saturated heterocycles. The smallest absolute Gasteiger partial charge is 0.407 e. The molecule has 1 amide bonds. The molecular weight excluding hydrogens is 322 g/mol. The quantitative estimate of drug-likeness (QED) is 0.840. The number of rotatable bonds is 2. The van der Waals surface area contributed by atoms with Crippen LogP contribution in [0.5, 0.6) is 0 Å². The third kappa shape index (κ3) is 4.37. The lowest BCUT2D eigenvalue weighted by Gasteiger charge is -2.22. The average Bonchev–Trinajstić information content (AvgIpc) is 2.74. The van der Waals surface area contributed by atoms with Gasteiger partial charge in [0, 0.05) is 25.0 Å². The van der Waals surface area contributed by atoms with Crippen LogP contribution in [0.2, 0.25) is 0 Å². The number of carbonyl (C=O) groups is 1. The SMILES string of the molecule is CC(C)(C)OC(=O)N[C@@H]1CCN(c2ccnc(Br)c2)C1. The third-order valence-corrected chi connectivity index (χ3v) is 3.42. The fourth-order valence-corrected chi connectivity index (χ4v) is 2.53. The standard InChI is InChI=1S/C14H20BrN3O2/c1-14(2,3)20-13(19)17-10-5-7-18(9-10)11-4-6-16-12(15)8-11/h4,6,8,10H,5,7,9H2,1-3H3,(H,17,19)/t10-/m1/s1. The molecule has 0 aliphatic carbocycles. The lowest BCUT2D eigenvalue weighted by molar-refractivity contribution is 0.0509. The average molecular weight is 342 g/mol. The molecule has 0 unspecified atom stereocenters. The molecule has 0 saturated carbocycles. The molecule has 0 radical (unpaired) electrons. The van der Waals surface area contributed by atoms with Crippen LogP contribution in [0.1, 0.15) is 27.2 Å². The fourth-order valence-electron chi connectivity index (χ4n) is 2.18. The molecule has 1 aromatic heterocycles. The van der Waals surface area contributed by atoms with Gasteiger partial charge in [-0.25, -0.2) is 9.78 Å². The van der Waals surface area contributed by atoms with E-state index in [0.29, 0.717) is 0 Å². The van der Waals surface area contributed by atoms with E-state index in [4.69, 9.17) is 4.74 Å². The van der Waals surface area contributed by atoms with E-state index in [1.54, 1.807) is 6.20 Å². The van der Waals surface area contributed by atoms with Gasteiger partial charge in [0.1, 0.15) is 10.2 Å². The first-order valence-corrected chi connectivity index (χ1v) is 7.49. The van der Waals surface area contributed by atoms with Gasteiger partial charge in [0.25, 0.3) is 0 Å². The summed E-state index contributed by atoms with van der Waals surface area (Å²) in [6, 6.07) is 4.08. The van der Waals surface area contributed by atoms with Gasteiger partial charge in [-0.2, -0.15) is 0 Å². The van der Waals surface area contributed by atoms with Gasteiger partial charge < -0.3 is 15.0 Å². The van der Waals surface area contributed by atoms with Gasteiger partial charge in [0.05, 0.1) is 6.04 Å². The molecule has 0 aromatic carbocycles. The van der Waals surface area contributed by atoms with E-state index in [-0.39, 0.29) is 12.1 Å². The zero-order valence-corrected chi connectivity index (χ0v) is 13.6. The normalized spacial score (nSPS) is 19.0. The van der Waals surface area contributed by atoms with Crippen LogP contribution >= 0.6 is 15.9 Å². The summed E-state index contributed by atoms with van der Waals surface area (Å²) in [5, 5.41) is 2.92. The van der Waals surface area contributed by atoms with Crippen molar-refractivity contribution >= 4 is 27.7 Å². The first kappa shape index (κ1) is 15.1. The Hall–Kier alpha value is -1.30. The highest BCUT2D eigenvalue weighted by Crippen LogP contribution is 2.22. The van der Waals surface area contributed by atoms with Crippen LogP contribution in [-0.4, -0.2) is 35.8 Å². The number of nitrogens with one attached hydrogen (secondary N) is 1. The highest BCUT2D eigenvalue weighted by atomic mass is 79.9. The molecule has 6 heteroatoms. The molecule has 2 heterocycles. The van der Waals surface area contributed by atoms with E-state index in [1.165, 1.54) is 0 Å². The highest BCUT2D eigenvalue weighted by molar-refractivity contribution is 9.10. The Morgan fingerprint density at radius 1 is 1.55 bits per heavy atom. The molecule has 110 valence electrons. The largest absolute Gasteiger partial charge is 0.444 e. The molecule has 1 aliphatic heterocycles. The maximum Gasteiger partial charge on any atom is 0.407 e. The van der Waals surface area contributed by atoms with Crippen molar-refractivity contribution < 1.29 is 9.53 Å². The van der Waals surface area contributed by atoms with Crippen molar-refractivity contribution in [3.05, 3.63) is 22.9 Å². The summed E-state index contributed by atoms with van der Waals surface area (Å²) in [4.78, 5) is 18.1. The number of anilines is 1. The Balaban J connectivity index is 1.88. The van der Waals surface area contributed by atoms with Crippen LogP contribution in [0, 0.1) is 0 Å². The van der Waals surface area contributed by atoms with Gasteiger partial charge >= 0.3 is 6.09 Å². The number of carbonyl (C=O) groups excluding carboxylic acids is 1. The van der Waals surface area contributed by atoms with E-state index >= 15 is 0 Å². The van der Waals surface area contributed by atoms with E-state index in [0.717, 1.165) is 29.8 Å². The minimum atomic E-state index is -0.460. The van der Waals surface area contributed by atoms with Crippen molar-refractivity contribution in [2.45, 2.75) is 38.8 Å². The topological polar surface area (TPSA) is 54.5 Å². The fraction of sp³-hybridized carbons (Fsp3) is 0.571. The van der Waals surface area contributed by atoms with E-state index in [2.05, 4.69) is 31.1 Å². The minimum Gasteiger partial charge on any atom is -0.444 e. The molecule has 1 atom stereocenters. The second-order valence-electron chi connectivity index (χ2n) is 5.91. The molecule has 20 heavy (non-hydrogen) atoms. The molecular formula is C14H20BrN3O2. The summed E-state index contributed by atoms with van der Waals surface area (Å²) >= 11 is 3.37. The summed E-state index contributed by atoms with van der Waals surface area (Å²) in [5.41, 5.74) is 0.651. The van der Waals surface area contributed by atoms with E-state index < -0.39 is 5.60 Å². The van der Waals surface area contributed by atoms with Crippen molar-refractivity contribution in [2.75, 3.05) is 18.0 Å². The lowest BCUT2D eigenvalue weighted by atomic mass is 10.2. The van der Waals surface area contributed by atoms with Crippen LogP contribution in [-0.2, 0) is 4.74 Å². The Bertz CT molecular complexity index is 488. The zero-order valence-electron chi connectivity index (χ0n) is 12.0. The van der Waals surface area contributed by atoms with Crippen LogP contribution in [0.4, 0.5) is 10.5 Å². The molecule has 1 N–H and O–H groups in total. The Kier molecular flexibility index (Phi) is 4.52. The number of nitrogens with zero attached hydrogens (tertiary/aromatic N) is 2. The number of pyridine rings is 1. The van der Waals surface area contributed by atoms with Gasteiger partial charge in [-0.1, -0.05) is 0 Å². The van der Waals surface area contributed by atoms with Crippen LogP contribution in [0.25, 0.3) is 0 Å². The molecule has 0 bridgehead atoms. The molecule has 1 aliphatic rings. The first-order chi connectivity index (χ1) is 9.33. The maximum atomic E-state index is 11.7. The van der Waals surface area contributed by atoms with Crippen LogP contribution in [0.15, 0.2) is 22.9 Å².